The molecule has 3 N–H and O–H groups in total. The number of benzene rings is 3. The van der Waals surface area contributed by atoms with Crippen LogP contribution in [0.4, 0.5) is 0 Å². The van der Waals surface area contributed by atoms with Gasteiger partial charge < -0.3 is 15.3 Å². The van der Waals surface area contributed by atoms with Gasteiger partial charge in [0.1, 0.15) is 17.2 Å². The first-order valence-corrected chi connectivity index (χ1v) is 10.5. The number of aromatic hydroxyl groups is 3. The van der Waals surface area contributed by atoms with Gasteiger partial charge in [-0.2, -0.15) is 0 Å². The van der Waals surface area contributed by atoms with E-state index >= 15 is 0 Å². The van der Waals surface area contributed by atoms with Crippen LogP contribution in [0.25, 0.3) is 0 Å². The van der Waals surface area contributed by atoms with Crippen molar-refractivity contribution in [2.45, 2.75) is 68.7 Å². The van der Waals surface area contributed by atoms with Crippen LogP contribution < -0.4 is 0 Å². The minimum absolute atomic E-state index is 0. The van der Waals surface area contributed by atoms with Gasteiger partial charge in [-0.15, -0.1) is 0 Å². The molecule has 31 heavy (non-hydrogen) atoms. The number of phenolic OH excluding ortho intramolecular Hbond substituents is 3. The number of phenols is 3. The lowest BCUT2D eigenvalue weighted by molar-refractivity contribution is 0.474. The lowest BCUT2D eigenvalue weighted by Gasteiger charge is -1.89. The fraction of sp³-hybridized carbons (Fsp3) is 0.357. The fourth-order valence-electron chi connectivity index (χ4n) is 1.88. The summed E-state index contributed by atoms with van der Waals surface area (Å²) in [6.45, 7) is 14.3. The molecule has 174 valence electrons. The third kappa shape index (κ3) is 23.2. The van der Waals surface area contributed by atoms with Crippen molar-refractivity contribution >= 4 is 0 Å². The monoisotopic (exact) mass is 428 g/mol. The standard InChI is InChI=1S/3C7H8O.2C3H8.CH4/c3*1-6-3-2-4-7(8)5-6;2*1-3-2;/h3*2-5,8H,1H3;2*3H2,1-2H3;1H4. The Labute approximate surface area is 191 Å². The molecule has 0 heterocycles. The smallest absolute Gasteiger partial charge is 0.115 e. The summed E-state index contributed by atoms with van der Waals surface area (Å²) in [5, 5.41) is 26.4. The summed E-state index contributed by atoms with van der Waals surface area (Å²) >= 11 is 0. The van der Waals surface area contributed by atoms with Crippen molar-refractivity contribution in [1.29, 1.82) is 0 Å². The van der Waals surface area contributed by atoms with E-state index in [9.17, 15) is 0 Å². The van der Waals surface area contributed by atoms with Crippen molar-refractivity contribution in [3.63, 3.8) is 0 Å². The highest BCUT2D eigenvalue weighted by molar-refractivity contribution is 5.26. The Morgan fingerprint density at radius 2 is 0.677 bits per heavy atom. The van der Waals surface area contributed by atoms with E-state index in [1.807, 2.05) is 57.2 Å². The highest BCUT2D eigenvalue weighted by Gasteiger charge is 1.84. The van der Waals surface area contributed by atoms with Crippen LogP contribution in [0, 0.1) is 20.8 Å². The van der Waals surface area contributed by atoms with Gasteiger partial charge in [-0.25, -0.2) is 0 Å². The molecule has 0 spiro atoms. The molecule has 0 radical (unpaired) electrons. The third-order valence-corrected chi connectivity index (χ3v) is 3.00. The average molecular weight is 429 g/mol. The fourth-order valence-corrected chi connectivity index (χ4v) is 1.88. The molecule has 0 aliphatic carbocycles. The van der Waals surface area contributed by atoms with Crippen molar-refractivity contribution in [1.82, 2.24) is 0 Å². The van der Waals surface area contributed by atoms with Gasteiger partial charge >= 0.3 is 0 Å². The van der Waals surface area contributed by atoms with Crippen molar-refractivity contribution < 1.29 is 15.3 Å². The van der Waals surface area contributed by atoms with E-state index < -0.39 is 0 Å². The first-order valence-electron chi connectivity index (χ1n) is 10.5. The zero-order chi connectivity index (χ0) is 23.4. The summed E-state index contributed by atoms with van der Waals surface area (Å²) in [5.41, 5.74) is 3.26. The zero-order valence-electron chi connectivity index (χ0n) is 19.7. The maximum absolute atomic E-state index is 8.81. The summed E-state index contributed by atoms with van der Waals surface area (Å²) < 4.78 is 0. The second-order valence-electron chi connectivity index (χ2n) is 6.93. The van der Waals surface area contributed by atoms with Gasteiger partial charge in [0.2, 0.25) is 0 Å². The Bertz CT molecular complexity index is 625. The summed E-state index contributed by atoms with van der Waals surface area (Å²) in [4.78, 5) is 0. The number of hydrogen-bond donors (Lipinski definition) is 3. The lowest BCUT2D eigenvalue weighted by Crippen LogP contribution is -1.66. The Hall–Kier alpha value is -2.94. The quantitative estimate of drug-likeness (QED) is 0.336. The van der Waals surface area contributed by atoms with Gasteiger partial charge in [0.05, 0.1) is 0 Å². The van der Waals surface area contributed by atoms with Crippen LogP contribution in [0.2, 0.25) is 0 Å². The molecule has 3 nitrogen and oxygen atoms in total. The Morgan fingerprint density at radius 1 is 0.484 bits per heavy atom. The second kappa shape index (κ2) is 21.8. The van der Waals surface area contributed by atoms with Crippen molar-refractivity contribution in [3.05, 3.63) is 89.5 Å². The van der Waals surface area contributed by atoms with Gasteiger partial charge in [-0.1, -0.05) is 84.4 Å². The van der Waals surface area contributed by atoms with E-state index in [0.29, 0.717) is 17.2 Å². The van der Waals surface area contributed by atoms with E-state index in [1.54, 1.807) is 36.4 Å². The molecule has 0 saturated heterocycles. The average Bonchev–Trinajstić information content (AvgIpc) is 2.63. The maximum atomic E-state index is 8.81. The first-order chi connectivity index (χ1) is 14.2. The van der Waals surface area contributed by atoms with E-state index in [0.717, 1.165) is 16.7 Å². The van der Waals surface area contributed by atoms with Gasteiger partial charge in [0, 0.05) is 0 Å². The second-order valence-corrected chi connectivity index (χ2v) is 6.93. The minimum Gasteiger partial charge on any atom is -0.508 e. The van der Waals surface area contributed by atoms with Crippen molar-refractivity contribution in [2.24, 2.45) is 0 Å². The summed E-state index contributed by atoms with van der Waals surface area (Å²) in [6, 6.07) is 21.5. The van der Waals surface area contributed by atoms with Crippen LogP contribution in [0.5, 0.6) is 17.2 Å². The van der Waals surface area contributed by atoms with Gasteiger partial charge in [0.25, 0.3) is 0 Å². The molecule has 0 aliphatic rings. The Balaban J connectivity index is -0.000000332. The molecule has 0 aliphatic heterocycles. The maximum Gasteiger partial charge on any atom is 0.115 e. The van der Waals surface area contributed by atoms with Crippen LogP contribution in [0.1, 0.15) is 64.7 Å². The van der Waals surface area contributed by atoms with Gasteiger partial charge in [-0.3, -0.25) is 0 Å². The van der Waals surface area contributed by atoms with E-state index in [2.05, 4.69) is 27.7 Å². The molecule has 3 aromatic carbocycles. The third-order valence-electron chi connectivity index (χ3n) is 3.00. The lowest BCUT2D eigenvalue weighted by atomic mass is 10.2. The summed E-state index contributed by atoms with van der Waals surface area (Å²) in [6.07, 6.45) is 2.50. The molecular weight excluding hydrogens is 384 g/mol. The largest absolute Gasteiger partial charge is 0.508 e. The SMILES string of the molecule is C.CCC.CCC.Cc1cccc(O)c1.Cc1cccc(O)c1.Cc1cccc(O)c1. The summed E-state index contributed by atoms with van der Waals surface area (Å²) in [5.74, 6) is 1.01. The molecule has 0 atom stereocenters. The van der Waals surface area contributed by atoms with Crippen LogP contribution in [-0.2, 0) is 0 Å². The van der Waals surface area contributed by atoms with Crippen molar-refractivity contribution in [2.75, 3.05) is 0 Å². The van der Waals surface area contributed by atoms with Gasteiger partial charge in [0.15, 0.2) is 0 Å². The Kier molecular flexibility index (Phi) is 23.0. The van der Waals surface area contributed by atoms with E-state index in [4.69, 9.17) is 15.3 Å². The van der Waals surface area contributed by atoms with Crippen LogP contribution in [0.3, 0.4) is 0 Å². The molecule has 0 bridgehead atoms. The molecular formula is C28H44O3. The van der Waals surface area contributed by atoms with Crippen molar-refractivity contribution in [3.8, 4) is 17.2 Å². The Morgan fingerprint density at radius 3 is 0.774 bits per heavy atom. The zero-order valence-corrected chi connectivity index (χ0v) is 19.7. The van der Waals surface area contributed by atoms with E-state index in [-0.39, 0.29) is 7.43 Å². The molecule has 0 fully saturated rings. The molecule has 0 saturated carbocycles. The minimum atomic E-state index is 0. The predicted molar refractivity (Wildman–Crippen MR) is 137 cm³/mol. The van der Waals surface area contributed by atoms with Crippen LogP contribution in [0.15, 0.2) is 72.8 Å². The number of hydrogen-bond acceptors (Lipinski definition) is 3. The predicted octanol–water partition coefficient (Wildman–Crippen LogP) is 8.57. The molecule has 0 aromatic heterocycles. The highest BCUT2D eigenvalue weighted by atomic mass is 16.3. The molecule has 3 rings (SSSR count). The number of aryl methyl sites for hydroxylation is 3. The molecule has 3 heteroatoms. The molecule has 0 amide bonds. The van der Waals surface area contributed by atoms with Crippen LogP contribution in [-0.4, -0.2) is 15.3 Å². The number of rotatable bonds is 0. The normalized spacial score (nSPS) is 8.23. The highest BCUT2D eigenvalue weighted by Crippen LogP contribution is 2.09. The molecule has 3 aromatic rings. The topological polar surface area (TPSA) is 60.7 Å². The molecule has 0 unspecified atom stereocenters. The summed E-state index contributed by atoms with van der Waals surface area (Å²) in [7, 11) is 0. The van der Waals surface area contributed by atoms with Crippen LogP contribution >= 0.6 is 0 Å². The first kappa shape index (κ1) is 32.7. The van der Waals surface area contributed by atoms with Gasteiger partial charge in [-0.05, 0) is 73.9 Å². The van der Waals surface area contributed by atoms with E-state index in [1.165, 1.54) is 12.8 Å².